The van der Waals surface area contributed by atoms with Crippen molar-refractivity contribution in [1.82, 2.24) is 0 Å². The third-order valence-corrected chi connectivity index (χ3v) is 3.54. The molecule has 23 heavy (non-hydrogen) atoms. The molecule has 2 heterocycles. The summed E-state index contributed by atoms with van der Waals surface area (Å²) in [5.41, 5.74) is 0. The number of hydrogen-bond donors (Lipinski definition) is 7. The normalized spacial score (nSPS) is 39.3. The molecule has 7 N–H and O–H groups in total. The fourth-order valence-corrected chi connectivity index (χ4v) is 2.20. The molecule has 11 nitrogen and oxygen atoms in total. The molecule has 1 saturated heterocycles. The van der Waals surface area contributed by atoms with Gasteiger partial charge in [-0.1, -0.05) is 0 Å². The maximum Gasteiger partial charge on any atom is 0.378 e. The SMILES string of the molecule is O=C1OC(C(O)CO)C(O)=C1O[C@@H]1OC(CO)[C@@H](O)C(O)[C@@H]1O. The molecule has 0 amide bonds. The predicted octanol–water partition coefficient (Wildman–Crippen LogP) is -4.15. The Morgan fingerprint density at radius 1 is 1.13 bits per heavy atom. The van der Waals surface area contributed by atoms with Crippen molar-refractivity contribution in [2.24, 2.45) is 0 Å². The van der Waals surface area contributed by atoms with Crippen molar-refractivity contribution >= 4 is 5.97 Å². The van der Waals surface area contributed by atoms with Gasteiger partial charge >= 0.3 is 5.97 Å². The van der Waals surface area contributed by atoms with Crippen LogP contribution in [0.4, 0.5) is 0 Å². The molecule has 11 heteroatoms. The fraction of sp³-hybridized carbons (Fsp3) is 0.750. The van der Waals surface area contributed by atoms with Crippen LogP contribution in [-0.2, 0) is 19.0 Å². The van der Waals surface area contributed by atoms with Crippen LogP contribution in [0.3, 0.4) is 0 Å². The van der Waals surface area contributed by atoms with E-state index in [2.05, 4.69) is 4.74 Å². The molecule has 2 aliphatic heterocycles. The second-order valence-electron chi connectivity index (χ2n) is 5.11. The van der Waals surface area contributed by atoms with Crippen molar-refractivity contribution in [1.29, 1.82) is 0 Å². The van der Waals surface area contributed by atoms with Gasteiger partial charge in [-0.25, -0.2) is 4.79 Å². The van der Waals surface area contributed by atoms with Gasteiger partial charge in [-0.15, -0.1) is 0 Å². The summed E-state index contributed by atoms with van der Waals surface area (Å²) < 4.78 is 14.6. The van der Waals surface area contributed by atoms with Gasteiger partial charge in [-0.2, -0.15) is 0 Å². The Morgan fingerprint density at radius 3 is 2.35 bits per heavy atom. The molecule has 1 fully saturated rings. The molecule has 7 atom stereocenters. The molecular formula is C12H18O11. The standard InChI is InChI=1S/C12H18O11/c13-1-3(15)9-8(19)10(11(20)22-9)23-12-7(18)6(17)5(16)4(2-14)21-12/h3-7,9,12-19H,1-2H2/t3?,4?,5-,6?,7+,9?,12+/m1/s1. The quantitative estimate of drug-likeness (QED) is 0.241. The lowest BCUT2D eigenvalue weighted by molar-refractivity contribution is -0.291. The summed E-state index contributed by atoms with van der Waals surface area (Å²) >= 11 is 0. The van der Waals surface area contributed by atoms with E-state index in [0.29, 0.717) is 0 Å². The topological polar surface area (TPSA) is 186 Å². The monoisotopic (exact) mass is 338 g/mol. The Labute approximate surface area is 129 Å². The smallest absolute Gasteiger partial charge is 0.378 e. The highest BCUT2D eigenvalue weighted by molar-refractivity contribution is 5.89. The molecule has 0 aromatic carbocycles. The summed E-state index contributed by atoms with van der Waals surface area (Å²) in [4.78, 5) is 11.6. The third-order valence-electron chi connectivity index (χ3n) is 3.54. The van der Waals surface area contributed by atoms with Crippen LogP contribution < -0.4 is 0 Å². The number of aliphatic hydroxyl groups excluding tert-OH is 7. The van der Waals surface area contributed by atoms with E-state index in [9.17, 15) is 30.3 Å². The highest BCUT2D eigenvalue weighted by atomic mass is 16.7. The van der Waals surface area contributed by atoms with Gasteiger partial charge in [0.15, 0.2) is 11.9 Å². The van der Waals surface area contributed by atoms with Crippen molar-refractivity contribution < 1.29 is 54.8 Å². The average Bonchev–Trinajstić information content (AvgIpc) is 2.82. The predicted molar refractivity (Wildman–Crippen MR) is 67.5 cm³/mol. The molecule has 0 aliphatic carbocycles. The van der Waals surface area contributed by atoms with Crippen molar-refractivity contribution in [2.75, 3.05) is 13.2 Å². The molecule has 4 unspecified atom stereocenters. The van der Waals surface area contributed by atoms with Crippen LogP contribution in [0.1, 0.15) is 0 Å². The Kier molecular flexibility index (Phi) is 5.41. The number of carbonyl (C=O) groups excluding carboxylic acids is 1. The van der Waals surface area contributed by atoms with Crippen molar-refractivity contribution in [3.8, 4) is 0 Å². The number of aliphatic hydroxyl groups is 7. The first-order valence-corrected chi connectivity index (χ1v) is 6.72. The Hall–Kier alpha value is -1.47. The summed E-state index contributed by atoms with van der Waals surface area (Å²) in [6.07, 6.45) is -11.2. The molecule has 0 aromatic heterocycles. The Balaban J connectivity index is 2.16. The van der Waals surface area contributed by atoms with Gasteiger partial charge < -0.3 is 50.0 Å². The molecular weight excluding hydrogens is 320 g/mol. The van der Waals surface area contributed by atoms with Gasteiger partial charge in [-0.05, 0) is 0 Å². The van der Waals surface area contributed by atoms with E-state index in [1.165, 1.54) is 0 Å². The number of esters is 1. The van der Waals surface area contributed by atoms with E-state index in [1.54, 1.807) is 0 Å². The van der Waals surface area contributed by atoms with E-state index < -0.39 is 73.6 Å². The summed E-state index contributed by atoms with van der Waals surface area (Å²) in [5.74, 6) is -2.79. The second kappa shape index (κ2) is 6.97. The minimum atomic E-state index is -1.79. The number of cyclic esters (lactones) is 1. The number of carbonyl (C=O) groups is 1. The van der Waals surface area contributed by atoms with E-state index in [-0.39, 0.29) is 0 Å². The third kappa shape index (κ3) is 3.26. The zero-order chi connectivity index (χ0) is 17.3. The molecule has 132 valence electrons. The van der Waals surface area contributed by atoms with Crippen LogP contribution in [0.25, 0.3) is 0 Å². The fourth-order valence-electron chi connectivity index (χ4n) is 2.20. The lowest BCUT2D eigenvalue weighted by Gasteiger charge is -2.39. The number of ether oxygens (including phenoxy) is 3. The van der Waals surface area contributed by atoms with E-state index in [4.69, 9.17) is 19.7 Å². The molecule has 0 spiro atoms. The Bertz CT molecular complexity index is 476. The highest BCUT2D eigenvalue weighted by Crippen LogP contribution is 2.29. The molecule has 0 radical (unpaired) electrons. The summed E-state index contributed by atoms with van der Waals surface area (Å²) in [5, 5.41) is 66.1. The highest BCUT2D eigenvalue weighted by Gasteiger charge is 2.48. The number of rotatable bonds is 5. The lowest BCUT2D eigenvalue weighted by atomic mass is 9.99. The van der Waals surface area contributed by atoms with Gasteiger partial charge in [0.1, 0.15) is 30.5 Å². The zero-order valence-corrected chi connectivity index (χ0v) is 11.7. The maximum atomic E-state index is 11.6. The average molecular weight is 338 g/mol. The van der Waals surface area contributed by atoms with Crippen LogP contribution in [-0.4, -0.2) is 97.8 Å². The minimum absolute atomic E-state index is 0.702. The molecule has 2 aliphatic rings. The van der Waals surface area contributed by atoms with Crippen LogP contribution in [0, 0.1) is 0 Å². The first-order valence-electron chi connectivity index (χ1n) is 6.72. The molecule has 0 aromatic rings. The van der Waals surface area contributed by atoms with Crippen LogP contribution >= 0.6 is 0 Å². The van der Waals surface area contributed by atoms with Crippen LogP contribution in [0.2, 0.25) is 0 Å². The first kappa shape index (κ1) is 17.9. The van der Waals surface area contributed by atoms with E-state index >= 15 is 0 Å². The molecule has 0 saturated carbocycles. The van der Waals surface area contributed by atoms with E-state index in [1.807, 2.05) is 0 Å². The van der Waals surface area contributed by atoms with Crippen molar-refractivity contribution in [3.05, 3.63) is 11.5 Å². The molecule has 0 bridgehead atoms. The van der Waals surface area contributed by atoms with Gasteiger partial charge in [0.2, 0.25) is 12.0 Å². The lowest BCUT2D eigenvalue weighted by Crippen LogP contribution is -2.59. The molecule has 2 rings (SSSR count). The van der Waals surface area contributed by atoms with Crippen LogP contribution in [0.5, 0.6) is 0 Å². The van der Waals surface area contributed by atoms with E-state index in [0.717, 1.165) is 0 Å². The maximum absolute atomic E-state index is 11.6. The Morgan fingerprint density at radius 2 is 1.78 bits per heavy atom. The van der Waals surface area contributed by atoms with Gasteiger partial charge in [0.05, 0.1) is 13.2 Å². The minimum Gasteiger partial charge on any atom is -0.505 e. The first-order chi connectivity index (χ1) is 10.8. The van der Waals surface area contributed by atoms with Crippen LogP contribution in [0.15, 0.2) is 11.5 Å². The summed E-state index contributed by atoms with van der Waals surface area (Å²) in [7, 11) is 0. The van der Waals surface area contributed by atoms with Gasteiger partial charge in [-0.3, -0.25) is 0 Å². The van der Waals surface area contributed by atoms with Crippen molar-refractivity contribution in [2.45, 2.75) is 42.9 Å². The largest absolute Gasteiger partial charge is 0.505 e. The second-order valence-corrected chi connectivity index (χ2v) is 5.11. The number of hydrogen-bond acceptors (Lipinski definition) is 11. The van der Waals surface area contributed by atoms with Crippen molar-refractivity contribution in [3.63, 3.8) is 0 Å². The summed E-state index contributed by atoms with van der Waals surface area (Å²) in [6.45, 7) is -1.50. The van der Waals surface area contributed by atoms with Gasteiger partial charge in [0.25, 0.3) is 0 Å². The van der Waals surface area contributed by atoms with Gasteiger partial charge in [0, 0.05) is 0 Å². The summed E-state index contributed by atoms with van der Waals surface area (Å²) in [6, 6.07) is 0. The zero-order valence-electron chi connectivity index (χ0n) is 11.7.